The number of aryl methyl sites for hydroxylation is 1. The molecule has 1 N–H and O–H groups in total. The Morgan fingerprint density at radius 3 is 2.60 bits per heavy atom. The molecule has 4 heteroatoms. The van der Waals surface area contributed by atoms with Crippen molar-refractivity contribution >= 4 is 17.2 Å². The van der Waals surface area contributed by atoms with E-state index in [9.17, 15) is 9.18 Å². The van der Waals surface area contributed by atoms with Crippen molar-refractivity contribution in [2.45, 2.75) is 26.8 Å². The fraction of sp³-hybridized carbons (Fsp3) is 0.312. The molecule has 0 saturated carbocycles. The summed E-state index contributed by atoms with van der Waals surface area (Å²) in [5.74, 6) is -0.600. The van der Waals surface area contributed by atoms with Gasteiger partial charge in [-0.15, -0.1) is 11.3 Å². The molecular formula is C16H18FNOS. The number of benzene rings is 1. The lowest BCUT2D eigenvalue weighted by Crippen LogP contribution is -2.31. The molecule has 20 heavy (non-hydrogen) atoms. The first-order chi connectivity index (χ1) is 9.49. The Morgan fingerprint density at radius 1 is 1.30 bits per heavy atom. The highest BCUT2D eigenvalue weighted by Gasteiger charge is 2.21. The molecule has 0 saturated heterocycles. The molecule has 2 aromatic rings. The largest absolute Gasteiger partial charge is 0.344 e. The van der Waals surface area contributed by atoms with Gasteiger partial charge in [-0.1, -0.05) is 26.0 Å². The van der Waals surface area contributed by atoms with Crippen molar-refractivity contribution in [1.82, 2.24) is 5.32 Å². The summed E-state index contributed by atoms with van der Waals surface area (Å²) in [6.07, 6.45) is 0. The topological polar surface area (TPSA) is 29.1 Å². The van der Waals surface area contributed by atoms with Crippen LogP contribution < -0.4 is 5.32 Å². The third kappa shape index (κ3) is 3.25. The fourth-order valence-electron chi connectivity index (χ4n) is 2.06. The van der Waals surface area contributed by atoms with E-state index in [1.807, 2.05) is 31.4 Å². The minimum Gasteiger partial charge on any atom is -0.344 e. The molecule has 0 aliphatic rings. The first kappa shape index (κ1) is 14.7. The van der Waals surface area contributed by atoms with Crippen molar-refractivity contribution in [1.29, 1.82) is 0 Å². The average Bonchev–Trinajstić information content (AvgIpc) is 2.88. The second-order valence-electron chi connectivity index (χ2n) is 5.19. The van der Waals surface area contributed by atoms with Gasteiger partial charge in [-0.25, -0.2) is 4.39 Å². The van der Waals surface area contributed by atoms with E-state index in [1.54, 1.807) is 24.3 Å². The highest BCUT2D eigenvalue weighted by atomic mass is 32.1. The maximum Gasteiger partial charge on any atom is 0.254 e. The van der Waals surface area contributed by atoms with E-state index in [-0.39, 0.29) is 23.4 Å². The summed E-state index contributed by atoms with van der Waals surface area (Å²) in [5, 5.41) is 4.90. The first-order valence-electron chi connectivity index (χ1n) is 6.59. The van der Waals surface area contributed by atoms with Crippen LogP contribution in [0.2, 0.25) is 0 Å². The number of carbonyl (C=O) groups is 1. The Hall–Kier alpha value is -1.68. The van der Waals surface area contributed by atoms with Crippen LogP contribution in [0.4, 0.5) is 4.39 Å². The number of rotatable bonds is 4. The van der Waals surface area contributed by atoms with Gasteiger partial charge >= 0.3 is 0 Å². The molecule has 1 amide bonds. The molecule has 1 heterocycles. The minimum absolute atomic E-state index is 0.0943. The van der Waals surface area contributed by atoms with Crippen LogP contribution in [0.15, 0.2) is 35.7 Å². The van der Waals surface area contributed by atoms with Gasteiger partial charge in [-0.3, -0.25) is 4.79 Å². The number of hydrogen-bond acceptors (Lipinski definition) is 2. The number of hydrogen-bond donors (Lipinski definition) is 1. The Bertz CT molecular complexity index is 593. The predicted octanol–water partition coefficient (Wildman–Crippen LogP) is 4.32. The first-order valence-corrected chi connectivity index (χ1v) is 7.47. The molecule has 2 nitrogen and oxygen atoms in total. The van der Waals surface area contributed by atoms with Crippen molar-refractivity contribution in [2.75, 3.05) is 0 Å². The summed E-state index contributed by atoms with van der Waals surface area (Å²) in [6.45, 7) is 5.87. The summed E-state index contributed by atoms with van der Waals surface area (Å²) in [5.41, 5.74) is 0.899. The van der Waals surface area contributed by atoms with Crippen LogP contribution in [-0.2, 0) is 0 Å². The molecule has 1 atom stereocenters. The van der Waals surface area contributed by atoms with E-state index in [2.05, 4.69) is 5.32 Å². The number of amides is 1. The molecule has 0 fully saturated rings. The van der Waals surface area contributed by atoms with Crippen molar-refractivity contribution < 1.29 is 9.18 Å². The van der Waals surface area contributed by atoms with E-state index in [0.29, 0.717) is 0 Å². The zero-order valence-corrected chi connectivity index (χ0v) is 12.6. The molecule has 0 bridgehead atoms. The van der Waals surface area contributed by atoms with E-state index in [0.717, 1.165) is 10.4 Å². The molecule has 0 radical (unpaired) electrons. The standard InChI is InChI=1S/C16H18FNOS/c1-10(2)15(14-5-4-8-20-14)18-16(19)12-7-6-11(3)9-13(12)17/h4-10,15H,1-3H3,(H,18,19). The lowest BCUT2D eigenvalue weighted by atomic mass is 10.0. The Balaban J connectivity index is 2.21. The highest BCUT2D eigenvalue weighted by Crippen LogP contribution is 2.26. The normalized spacial score (nSPS) is 12.4. The SMILES string of the molecule is Cc1ccc(C(=O)NC(c2cccs2)C(C)C)c(F)c1. The van der Waals surface area contributed by atoms with Crippen molar-refractivity contribution in [3.05, 3.63) is 57.5 Å². The molecule has 2 rings (SSSR count). The van der Waals surface area contributed by atoms with Crippen LogP contribution in [0, 0.1) is 18.7 Å². The summed E-state index contributed by atoms with van der Waals surface area (Å²) in [4.78, 5) is 13.3. The monoisotopic (exact) mass is 291 g/mol. The van der Waals surface area contributed by atoms with Crippen molar-refractivity contribution in [3.8, 4) is 0 Å². The summed E-state index contributed by atoms with van der Waals surface area (Å²) in [7, 11) is 0. The van der Waals surface area contributed by atoms with Gasteiger partial charge in [0.1, 0.15) is 5.82 Å². The second kappa shape index (κ2) is 6.18. The van der Waals surface area contributed by atoms with E-state index in [1.165, 1.54) is 12.1 Å². The van der Waals surface area contributed by atoms with E-state index < -0.39 is 5.82 Å². The van der Waals surface area contributed by atoms with Crippen LogP contribution in [0.1, 0.15) is 40.7 Å². The Kier molecular flexibility index (Phi) is 4.55. The van der Waals surface area contributed by atoms with Gasteiger partial charge in [0.15, 0.2) is 0 Å². The molecule has 0 spiro atoms. The predicted molar refractivity (Wildman–Crippen MR) is 80.5 cm³/mol. The van der Waals surface area contributed by atoms with E-state index >= 15 is 0 Å². The quantitative estimate of drug-likeness (QED) is 0.893. The van der Waals surface area contributed by atoms with Gasteiger partial charge in [0, 0.05) is 4.88 Å². The van der Waals surface area contributed by atoms with Crippen LogP contribution in [0.25, 0.3) is 0 Å². The van der Waals surface area contributed by atoms with Crippen molar-refractivity contribution in [2.24, 2.45) is 5.92 Å². The van der Waals surface area contributed by atoms with Gasteiger partial charge in [-0.05, 0) is 42.0 Å². The van der Waals surface area contributed by atoms with Gasteiger partial charge in [0.05, 0.1) is 11.6 Å². The van der Waals surface area contributed by atoms with Gasteiger partial charge in [0.25, 0.3) is 5.91 Å². The van der Waals surface area contributed by atoms with Gasteiger partial charge in [-0.2, -0.15) is 0 Å². The summed E-state index contributed by atoms with van der Waals surface area (Å²) < 4.78 is 13.8. The van der Waals surface area contributed by atoms with Gasteiger partial charge < -0.3 is 5.32 Å². The Morgan fingerprint density at radius 2 is 2.05 bits per heavy atom. The average molecular weight is 291 g/mol. The molecular weight excluding hydrogens is 273 g/mol. The maximum absolute atomic E-state index is 13.8. The smallest absolute Gasteiger partial charge is 0.254 e. The minimum atomic E-state index is -0.476. The molecule has 1 aromatic carbocycles. The van der Waals surface area contributed by atoms with Crippen LogP contribution in [0.3, 0.4) is 0 Å². The number of nitrogens with one attached hydrogen (secondary N) is 1. The van der Waals surface area contributed by atoms with Crippen LogP contribution >= 0.6 is 11.3 Å². The van der Waals surface area contributed by atoms with Crippen molar-refractivity contribution in [3.63, 3.8) is 0 Å². The lowest BCUT2D eigenvalue weighted by molar-refractivity contribution is 0.0922. The zero-order chi connectivity index (χ0) is 14.7. The van der Waals surface area contributed by atoms with Crippen LogP contribution in [0.5, 0.6) is 0 Å². The second-order valence-corrected chi connectivity index (χ2v) is 6.17. The highest BCUT2D eigenvalue weighted by molar-refractivity contribution is 7.10. The lowest BCUT2D eigenvalue weighted by Gasteiger charge is -2.21. The molecule has 1 aromatic heterocycles. The molecule has 0 aliphatic carbocycles. The Labute approximate surface area is 122 Å². The maximum atomic E-state index is 13.8. The van der Waals surface area contributed by atoms with Crippen LogP contribution in [-0.4, -0.2) is 5.91 Å². The number of carbonyl (C=O) groups excluding carboxylic acids is 1. The number of thiophene rings is 1. The zero-order valence-electron chi connectivity index (χ0n) is 11.8. The summed E-state index contributed by atoms with van der Waals surface area (Å²) in [6, 6.07) is 8.50. The molecule has 0 aliphatic heterocycles. The molecule has 1 unspecified atom stereocenters. The van der Waals surface area contributed by atoms with Gasteiger partial charge in [0.2, 0.25) is 0 Å². The van der Waals surface area contributed by atoms with E-state index in [4.69, 9.17) is 0 Å². The summed E-state index contributed by atoms with van der Waals surface area (Å²) >= 11 is 1.59. The fourth-order valence-corrected chi connectivity index (χ4v) is 3.01. The third-order valence-electron chi connectivity index (χ3n) is 3.17. The molecule has 106 valence electrons. The number of halogens is 1. The third-order valence-corrected chi connectivity index (χ3v) is 4.13.